The van der Waals surface area contributed by atoms with Crippen molar-refractivity contribution in [3.05, 3.63) is 29.3 Å². The first-order chi connectivity index (χ1) is 7.09. The molecule has 0 saturated carbocycles. The third kappa shape index (κ3) is 3.56. The first-order valence-electron chi connectivity index (χ1n) is 4.93. The van der Waals surface area contributed by atoms with Crippen LogP contribution in [0.1, 0.15) is 26.7 Å². The highest BCUT2D eigenvalue weighted by Crippen LogP contribution is 2.22. The fourth-order valence-electron chi connectivity index (χ4n) is 1.36. The number of halogens is 1. The van der Waals surface area contributed by atoms with Crippen molar-refractivity contribution < 1.29 is 9.53 Å². The van der Waals surface area contributed by atoms with Crippen LogP contribution in [0.15, 0.2) is 24.3 Å². The molecule has 3 heteroatoms. The van der Waals surface area contributed by atoms with Gasteiger partial charge in [0.05, 0.1) is 0 Å². The van der Waals surface area contributed by atoms with Crippen LogP contribution < -0.4 is 4.74 Å². The molecular weight excluding hydrogens is 212 g/mol. The predicted molar refractivity (Wildman–Crippen MR) is 61.1 cm³/mol. The Bertz CT molecular complexity index is 321. The van der Waals surface area contributed by atoms with Gasteiger partial charge in [-0.05, 0) is 37.6 Å². The number of carbonyl (C=O) groups excluding carboxylic acids is 1. The third-order valence-corrected chi connectivity index (χ3v) is 2.35. The molecule has 0 amide bonds. The van der Waals surface area contributed by atoms with Gasteiger partial charge in [-0.25, -0.2) is 0 Å². The monoisotopic (exact) mass is 225 g/mol. The lowest BCUT2D eigenvalue weighted by molar-refractivity contribution is 0.145. The maximum atomic E-state index is 10.8. The summed E-state index contributed by atoms with van der Waals surface area (Å²) in [5.74, 6) is 0.638. The van der Waals surface area contributed by atoms with E-state index < -0.39 is 5.60 Å². The van der Waals surface area contributed by atoms with Crippen LogP contribution in [-0.4, -0.2) is 11.9 Å². The smallest absolute Gasteiger partial charge is 0.245 e. The largest absolute Gasteiger partial charge is 0.479 e. The zero-order valence-electron chi connectivity index (χ0n) is 8.92. The van der Waals surface area contributed by atoms with Crippen LogP contribution in [-0.2, 0) is 4.79 Å². The fraction of sp³-hybridized carbons (Fsp3) is 0.417. The molecule has 15 heavy (non-hydrogen) atoms. The first-order valence-corrected chi connectivity index (χ1v) is 5.31. The second kappa shape index (κ2) is 5.17. The van der Waals surface area contributed by atoms with E-state index in [0.717, 1.165) is 6.42 Å². The summed E-state index contributed by atoms with van der Waals surface area (Å²) in [6.45, 7) is 3.74. The molecule has 0 N–H and O–H groups in total. The minimum Gasteiger partial charge on any atom is -0.479 e. The van der Waals surface area contributed by atoms with E-state index >= 15 is 0 Å². The molecule has 0 fully saturated rings. The molecule has 1 radical (unpaired) electrons. The van der Waals surface area contributed by atoms with Gasteiger partial charge in [-0.15, -0.1) is 0 Å². The van der Waals surface area contributed by atoms with Gasteiger partial charge in [-0.1, -0.05) is 24.9 Å². The molecular formula is C12H14ClO2. The molecule has 2 nitrogen and oxygen atoms in total. The highest BCUT2D eigenvalue weighted by atomic mass is 35.5. The molecule has 81 valence electrons. The summed E-state index contributed by atoms with van der Waals surface area (Å²) in [5.41, 5.74) is -0.859. The topological polar surface area (TPSA) is 26.3 Å². The zero-order chi connectivity index (χ0) is 11.3. The second-order valence-electron chi connectivity index (χ2n) is 3.64. The Hall–Kier alpha value is -1.02. The normalized spacial score (nSPS) is 14.3. The Kier molecular flexibility index (Phi) is 4.15. The maximum Gasteiger partial charge on any atom is 0.245 e. The summed E-state index contributed by atoms with van der Waals surface area (Å²) >= 11 is 5.75. The number of rotatable bonds is 5. The molecule has 1 rings (SSSR count). The van der Waals surface area contributed by atoms with Crippen molar-refractivity contribution in [1.29, 1.82) is 0 Å². The summed E-state index contributed by atoms with van der Waals surface area (Å²) < 4.78 is 5.56. The van der Waals surface area contributed by atoms with Gasteiger partial charge >= 0.3 is 0 Å². The van der Waals surface area contributed by atoms with Crippen molar-refractivity contribution in [1.82, 2.24) is 0 Å². The molecule has 1 unspecified atom stereocenters. The molecule has 0 saturated heterocycles. The van der Waals surface area contributed by atoms with E-state index in [4.69, 9.17) is 16.3 Å². The standard InChI is InChI=1S/C12H14ClO2/c1-3-8-12(2,9-14)15-11-6-4-10(13)5-7-11/h4-7H,3,8H2,1-2H3. The van der Waals surface area contributed by atoms with E-state index in [-0.39, 0.29) is 0 Å². The van der Waals surface area contributed by atoms with Crippen molar-refractivity contribution in [2.75, 3.05) is 0 Å². The van der Waals surface area contributed by atoms with Gasteiger partial charge in [0.2, 0.25) is 6.29 Å². The number of ether oxygens (including phenoxy) is 1. The van der Waals surface area contributed by atoms with Gasteiger partial charge in [-0.2, -0.15) is 0 Å². The fourth-order valence-corrected chi connectivity index (χ4v) is 1.49. The van der Waals surface area contributed by atoms with Crippen LogP contribution in [0.4, 0.5) is 0 Å². The van der Waals surface area contributed by atoms with Gasteiger partial charge in [-0.3, -0.25) is 4.79 Å². The van der Waals surface area contributed by atoms with E-state index in [1.54, 1.807) is 31.2 Å². The minimum absolute atomic E-state index is 0.638. The predicted octanol–water partition coefficient (Wildman–Crippen LogP) is 3.39. The van der Waals surface area contributed by atoms with E-state index in [9.17, 15) is 4.79 Å². The lowest BCUT2D eigenvalue weighted by Gasteiger charge is -2.23. The van der Waals surface area contributed by atoms with Crippen molar-refractivity contribution in [2.45, 2.75) is 32.3 Å². The van der Waals surface area contributed by atoms with Crippen molar-refractivity contribution in [3.63, 3.8) is 0 Å². The molecule has 0 aliphatic heterocycles. The van der Waals surface area contributed by atoms with Crippen LogP contribution in [0.5, 0.6) is 5.75 Å². The minimum atomic E-state index is -0.859. The highest BCUT2D eigenvalue weighted by molar-refractivity contribution is 6.30. The SMILES string of the molecule is CCCC(C)([C]=O)Oc1ccc(Cl)cc1. The Labute approximate surface area is 95.2 Å². The molecule has 0 aromatic heterocycles. The Morgan fingerprint density at radius 2 is 2.00 bits per heavy atom. The van der Waals surface area contributed by atoms with Crippen LogP contribution in [0.25, 0.3) is 0 Å². The average Bonchev–Trinajstić information content (AvgIpc) is 2.22. The highest BCUT2D eigenvalue weighted by Gasteiger charge is 2.25. The zero-order valence-corrected chi connectivity index (χ0v) is 9.67. The Morgan fingerprint density at radius 1 is 1.40 bits per heavy atom. The van der Waals surface area contributed by atoms with Crippen molar-refractivity contribution >= 4 is 17.9 Å². The van der Waals surface area contributed by atoms with Gasteiger partial charge < -0.3 is 4.74 Å². The summed E-state index contributed by atoms with van der Waals surface area (Å²) in [6.07, 6.45) is 3.46. The molecule has 0 aliphatic rings. The summed E-state index contributed by atoms with van der Waals surface area (Å²) in [6, 6.07) is 6.95. The third-order valence-electron chi connectivity index (χ3n) is 2.10. The summed E-state index contributed by atoms with van der Waals surface area (Å²) in [7, 11) is 0. The number of hydrogen-bond acceptors (Lipinski definition) is 2. The number of hydrogen-bond donors (Lipinski definition) is 0. The summed E-state index contributed by atoms with van der Waals surface area (Å²) in [4.78, 5) is 10.8. The van der Waals surface area contributed by atoms with E-state index in [1.807, 2.05) is 13.2 Å². The Balaban J connectivity index is 2.74. The van der Waals surface area contributed by atoms with Crippen LogP contribution in [0.2, 0.25) is 5.02 Å². The molecule has 1 aromatic rings. The lowest BCUT2D eigenvalue weighted by Crippen LogP contribution is -2.33. The van der Waals surface area contributed by atoms with Gasteiger partial charge in [0.25, 0.3) is 0 Å². The van der Waals surface area contributed by atoms with Crippen molar-refractivity contribution in [3.8, 4) is 5.75 Å². The van der Waals surface area contributed by atoms with Crippen molar-refractivity contribution in [2.24, 2.45) is 0 Å². The average molecular weight is 226 g/mol. The van der Waals surface area contributed by atoms with E-state index in [0.29, 0.717) is 17.2 Å². The van der Waals surface area contributed by atoms with Gasteiger partial charge in [0.15, 0.2) is 5.60 Å². The van der Waals surface area contributed by atoms with Crippen LogP contribution in [0.3, 0.4) is 0 Å². The van der Waals surface area contributed by atoms with Gasteiger partial charge in [0.1, 0.15) is 5.75 Å². The van der Waals surface area contributed by atoms with Crippen LogP contribution in [0, 0.1) is 0 Å². The number of benzene rings is 1. The van der Waals surface area contributed by atoms with E-state index in [2.05, 4.69) is 0 Å². The van der Waals surface area contributed by atoms with Gasteiger partial charge in [0, 0.05) is 5.02 Å². The molecule has 1 aromatic carbocycles. The van der Waals surface area contributed by atoms with Crippen LogP contribution >= 0.6 is 11.6 Å². The van der Waals surface area contributed by atoms with E-state index in [1.165, 1.54) is 0 Å². The molecule has 1 atom stereocenters. The quantitative estimate of drug-likeness (QED) is 0.768. The lowest BCUT2D eigenvalue weighted by atomic mass is 10.0. The molecule has 0 aliphatic carbocycles. The first kappa shape index (κ1) is 12.1. The molecule has 0 spiro atoms. The second-order valence-corrected chi connectivity index (χ2v) is 4.08. The Morgan fingerprint density at radius 3 is 2.47 bits per heavy atom. The summed E-state index contributed by atoms with van der Waals surface area (Å²) in [5, 5.41) is 0.648. The molecule has 0 bridgehead atoms. The molecule has 0 heterocycles. The maximum absolute atomic E-state index is 10.8.